The van der Waals surface area contributed by atoms with E-state index in [1.165, 1.54) is 5.56 Å². The minimum atomic E-state index is -0.00654. The Morgan fingerprint density at radius 1 is 1.17 bits per heavy atom. The van der Waals surface area contributed by atoms with E-state index in [9.17, 15) is 4.79 Å². The highest BCUT2D eigenvalue weighted by Crippen LogP contribution is 2.34. The summed E-state index contributed by atoms with van der Waals surface area (Å²) in [4.78, 5) is 17.2. The lowest BCUT2D eigenvalue weighted by atomic mass is 10.0. The Kier molecular flexibility index (Phi) is 8.31. The van der Waals surface area contributed by atoms with Gasteiger partial charge in [0.15, 0.2) is 5.69 Å². The summed E-state index contributed by atoms with van der Waals surface area (Å²) in [5, 5.41) is 11.8. The molecular weight excluding hydrogens is 411 g/mol. The van der Waals surface area contributed by atoms with Gasteiger partial charge in [-0.2, -0.15) is 0 Å². The Labute approximate surface area is 184 Å². The number of nitrogens with one attached hydrogen (secondary N) is 1. The molecule has 1 amide bonds. The number of nitrogens with zero attached hydrogens (tertiary/aromatic N) is 5. The van der Waals surface area contributed by atoms with Gasteiger partial charge in [0, 0.05) is 26.3 Å². The molecule has 2 aromatic rings. The standard InChI is InChI=1S/C20H28N6O.2ClH/c1-24(2)17-6-3-5-15(13-17)19-7-4-12-25(19)20(27)18-14-26(23-22-18)16-8-10-21-11-9-16;;/h3,5-6,13-14,16,19,21H,4,7-12H2,1-2H3;2*1H. The van der Waals surface area contributed by atoms with E-state index in [0.29, 0.717) is 11.7 Å². The van der Waals surface area contributed by atoms with Gasteiger partial charge in [0.05, 0.1) is 18.3 Å². The van der Waals surface area contributed by atoms with Gasteiger partial charge in [-0.1, -0.05) is 17.3 Å². The highest BCUT2D eigenvalue weighted by molar-refractivity contribution is 5.92. The van der Waals surface area contributed by atoms with Crippen LogP contribution in [0.1, 0.15) is 53.8 Å². The van der Waals surface area contributed by atoms with Crippen molar-refractivity contribution in [3.8, 4) is 0 Å². The topological polar surface area (TPSA) is 66.3 Å². The maximum atomic E-state index is 13.1. The van der Waals surface area contributed by atoms with Crippen LogP contribution in [0.15, 0.2) is 30.5 Å². The Morgan fingerprint density at radius 2 is 1.93 bits per heavy atom. The van der Waals surface area contributed by atoms with Crippen LogP contribution in [0.4, 0.5) is 5.69 Å². The van der Waals surface area contributed by atoms with Crippen molar-refractivity contribution in [2.75, 3.05) is 38.6 Å². The number of aromatic nitrogens is 3. The molecule has 2 saturated heterocycles. The third kappa shape index (κ3) is 5.02. The summed E-state index contributed by atoms with van der Waals surface area (Å²) >= 11 is 0. The van der Waals surface area contributed by atoms with Gasteiger partial charge in [0.25, 0.3) is 5.91 Å². The Bertz CT molecular complexity index is 806. The maximum Gasteiger partial charge on any atom is 0.276 e. The first-order valence-electron chi connectivity index (χ1n) is 9.84. The number of carbonyl (C=O) groups is 1. The average Bonchev–Trinajstić information content (AvgIpc) is 3.38. The number of amides is 1. The zero-order valence-corrected chi connectivity index (χ0v) is 18.6. The molecule has 29 heavy (non-hydrogen) atoms. The molecule has 0 saturated carbocycles. The number of benzene rings is 1. The van der Waals surface area contributed by atoms with Gasteiger partial charge in [0.1, 0.15) is 0 Å². The van der Waals surface area contributed by atoms with Gasteiger partial charge >= 0.3 is 0 Å². The monoisotopic (exact) mass is 440 g/mol. The molecule has 2 fully saturated rings. The van der Waals surface area contributed by atoms with E-state index in [1.54, 1.807) is 0 Å². The van der Waals surface area contributed by atoms with E-state index in [4.69, 9.17) is 0 Å². The van der Waals surface area contributed by atoms with Gasteiger partial charge in [0.2, 0.25) is 0 Å². The van der Waals surface area contributed by atoms with Crippen molar-refractivity contribution in [3.05, 3.63) is 41.7 Å². The number of halogens is 2. The highest BCUT2D eigenvalue weighted by atomic mass is 35.5. The number of hydrogen-bond donors (Lipinski definition) is 1. The predicted octanol–water partition coefficient (Wildman–Crippen LogP) is 3.09. The van der Waals surface area contributed by atoms with Gasteiger partial charge in [-0.05, 0) is 56.5 Å². The molecule has 0 spiro atoms. The average molecular weight is 441 g/mol. The molecule has 1 aromatic heterocycles. The summed E-state index contributed by atoms with van der Waals surface area (Å²) in [5.41, 5.74) is 2.81. The molecule has 1 aromatic carbocycles. The smallest absolute Gasteiger partial charge is 0.276 e. The fourth-order valence-corrected chi connectivity index (χ4v) is 4.14. The first kappa shape index (κ1) is 23.4. The minimum Gasteiger partial charge on any atom is -0.378 e. The second-order valence-corrected chi connectivity index (χ2v) is 7.71. The van der Waals surface area contributed by atoms with Crippen LogP contribution in [0.3, 0.4) is 0 Å². The molecule has 0 radical (unpaired) electrons. The fourth-order valence-electron chi connectivity index (χ4n) is 4.14. The molecule has 7 nitrogen and oxygen atoms in total. The summed E-state index contributed by atoms with van der Waals surface area (Å²) in [5.74, 6) is -0.00654. The lowest BCUT2D eigenvalue weighted by molar-refractivity contribution is 0.0729. The van der Waals surface area contributed by atoms with Crippen molar-refractivity contribution in [1.29, 1.82) is 0 Å². The largest absolute Gasteiger partial charge is 0.378 e. The molecule has 160 valence electrons. The van der Waals surface area contributed by atoms with Crippen molar-refractivity contribution in [1.82, 2.24) is 25.2 Å². The minimum absolute atomic E-state index is 0. The maximum absolute atomic E-state index is 13.1. The molecule has 3 heterocycles. The number of likely N-dealkylation sites (tertiary alicyclic amines) is 1. The molecule has 9 heteroatoms. The van der Waals surface area contributed by atoms with Gasteiger partial charge in [-0.15, -0.1) is 29.9 Å². The van der Waals surface area contributed by atoms with Crippen molar-refractivity contribution in [2.45, 2.75) is 37.8 Å². The molecule has 1 atom stereocenters. The van der Waals surface area contributed by atoms with Crippen LogP contribution >= 0.6 is 24.8 Å². The van der Waals surface area contributed by atoms with Crippen LogP contribution < -0.4 is 10.2 Å². The quantitative estimate of drug-likeness (QED) is 0.790. The van der Waals surface area contributed by atoms with E-state index in [-0.39, 0.29) is 36.8 Å². The van der Waals surface area contributed by atoms with Crippen LogP contribution in [-0.4, -0.2) is 59.5 Å². The molecule has 2 aliphatic heterocycles. The van der Waals surface area contributed by atoms with Crippen LogP contribution in [0.5, 0.6) is 0 Å². The molecule has 4 rings (SSSR count). The van der Waals surface area contributed by atoms with Crippen LogP contribution in [0.25, 0.3) is 0 Å². The predicted molar refractivity (Wildman–Crippen MR) is 119 cm³/mol. The Balaban J connectivity index is 0.00000150. The van der Waals surface area contributed by atoms with E-state index < -0.39 is 0 Å². The van der Waals surface area contributed by atoms with Crippen LogP contribution in [0.2, 0.25) is 0 Å². The van der Waals surface area contributed by atoms with Gasteiger partial charge in [-0.25, -0.2) is 4.68 Å². The summed E-state index contributed by atoms with van der Waals surface area (Å²) < 4.78 is 1.88. The first-order chi connectivity index (χ1) is 13.1. The van der Waals surface area contributed by atoms with Gasteiger partial charge < -0.3 is 15.1 Å². The van der Waals surface area contributed by atoms with Gasteiger partial charge in [-0.3, -0.25) is 4.79 Å². The fraction of sp³-hybridized carbons (Fsp3) is 0.550. The van der Waals surface area contributed by atoms with Crippen LogP contribution in [-0.2, 0) is 0 Å². The second-order valence-electron chi connectivity index (χ2n) is 7.71. The molecule has 1 N–H and O–H groups in total. The summed E-state index contributed by atoms with van der Waals surface area (Å²) in [7, 11) is 4.07. The van der Waals surface area contributed by atoms with E-state index in [1.807, 2.05) is 29.9 Å². The molecule has 0 bridgehead atoms. The van der Waals surface area contributed by atoms with E-state index in [2.05, 4.69) is 44.8 Å². The number of carbonyl (C=O) groups excluding carboxylic acids is 1. The van der Waals surface area contributed by atoms with Crippen molar-refractivity contribution >= 4 is 36.4 Å². The highest BCUT2D eigenvalue weighted by Gasteiger charge is 2.32. The Morgan fingerprint density at radius 3 is 2.66 bits per heavy atom. The van der Waals surface area contributed by atoms with E-state index in [0.717, 1.165) is 51.0 Å². The first-order valence-corrected chi connectivity index (χ1v) is 9.84. The van der Waals surface area contributed by atoms with Crippen molar-refractivity contribution < 1.29 is 4.79 Å². The molecule has 1 unspecified atom stereocenters. The number of hydrogen-bond acceptors (Lipinski definition) is 5. The van der Waals surface area contributed by atoms with Crippen molar-refractivity contribution in [3.63, 3.8) is 0 Å². The Hall–Kier alpha value is -1.83. The third-order valence-corrected chi connectivity index (χ3v) is 5.70. The zero-order valence-electron chi connectivity index (χ0n) is 17.0. The lowest BCUT2D eigenvalue weighted by Gasteiger charge is -2.25. The molecular formula is C20H30Cl2N6O. The third-order valence-electron chi connectivity index (χ3n) is 5.70. The number of anilines is 1. The number of piperidine rings is 1. The summed E-state index contributed by atoms with van der Waals surface area (Å²) in [6, 6.07) is 8.92. The summed E-state index contributed by atoms with van der Waals surface area (Å²) in [6.07, 6.45) is 5.90. The molecule has 0 aliphatic carbocycles. The SMILES string of the molecule is CN(C)c1cccc(C2CCCN2C(=O)c2cn(C3CCNCC3)nn2)c1.Cl.Cl. The van der Waals surface area contributed by atoms with E-state index >= 15 is 0 Å². The zero-order chi connectivity index (χ0) is 18.8. The molecule has 2 aliphatic rings. The van der Waals surface area contributed by atoms with Crippen molar-refractivity contribution in [2.24, 2.45) is 0 Å². The second kappa shape index (κ2) is 10.3. The normalized spacial score (nSPS) is 19.4. The lowest BCUT2D eigenvalue weighted by Crippen LogP contribution is -2.31. The van der Waals surface area contributed by atoms with Crippen LogP contribution in [0, 0.1) is 0 Å². The summed E-state index contributed by atoms with van der Waals surface area (Å²) in [6.45, 7) is 2.75. The number of rotatable bonds is 4.